The maximum atomic E-state index is 13.3. The van der Waals surface area contributed by atoms with Crippen LogP contribution in [-0.4, -0.2) is 17.5 Å². The largest absolute Gasteiger partial charge is 0.362 e. The molecule has 0 amide bonds. The van der Waals surface area contributed by atoms with Crippen LogP contribution in [0.1, 0.15) is 42.6 Å². The van der Waals surface area contributed by atoms with Gasteiger partial charge in [0.15, 0.2) is 0 Å². The second-order valence-electron chi connectivity index (χ2n) is 5.33. The van der Waals surface area contributed by atoms with E-state index in [1.165, 1.54) is 0 Å². The van der Waals surface area contributed by atoms with Crippen LogP contribution in [0.4, 0.5) is 8.78 Å². The molecule has 3 N–H and O–H groups in total. The Bertz CT molecular complexity index is 400. The third-order valence-electron chi connectivity index (χ3n) is 4.05. The van der Waals surface area contributed by atoms with E-state index in [0.29, 0.717) is 19.4 Å². The molecule has 1 aliphatic carbocycles. The lowest BCUT2D eigenvalue weighted by Crippen LogP contribution is -2.42. The molecule has 0 radical (unpaired) electrons. The molecule has 4 heteroatoms. The van der Waals surface area contributed by atoms with Gasteiger partial charge in [-0.1, -0.05) is 0 Å². The van der Waals surface area contributed by atoms with Crippen LogP contribution in [0.2, 0.25) is 0 Å². The Morgan fingerprint density at radius 1 is 1.24 bits per heavy atom. The van der Waals surface area contributed by atoms with E-state index in [4.69, 9.17) is 5.73 Å². The van der Waals surface area contributed by atoms with Gasteiger partial charge in [0.25, 0.3) is 0 Å². The average molecular weight is 242 g/mol. The number of H-pyrrole nitrogens is 1. The third-order valence-corrected chi connectivity index (χ3v) is 4.05. The van der Waals surface area contributed by atoms with E-state index in [2.05, 4.69) is 11.1 Å². The standard InChI is InChI=1S/C13H20F2N2/c1-9-7-11(10(2)17-9)12(8-16)3-5-13(14,15)6-4-12/h7,17H,3-6,8,16H2,1-2H3. The number of nitrogens with one attached hydrogen (secondary N) is 1. The fourth-order valence-corrected chi connectivity index (χ4v) is 2.95. The van der Waals surface area contributed by atoms with Gasteiger partial charge in [-0.2, -0.15) is 0 Å². The monoisotopic (exact) mass is 242 g/mol. The second-order valence-corrected chi connectivity index (χ2v) is 5.33. The molecule has 2 nitrogen and oxygen atoms in total. The molecule has 0 aromatic carbocycles. The van der Waals surface area contributed by atoms with E-state index in [1.54, 1.807) is 0 Å². The van der Waals surface area contributed by atoms with Crippen LogP contribution < -0.4 is 5.73 Å². The number of aryl methyl sites for hydroxylation is 2. The maximum absolute atomic E-state index is 13.3. The molecule has 1 heterocycles. The highest BCUT2D eigenvalue weighted by Gasteiger charge is 2.44. The number of alkyl halides is 2. The first kappa shape index (κ1) is 12.6. The molecular formula is C13H20F2N2. The maximum Gasteiger partial charge on any atom is 0.248 e. The Morgan fingerprint density at radius 2 is 1.82 bits per heavy atom. The molecule has 96 valence electrons. The topological polar surface area (TPSA) is 41.8 Å². The molecule has 0 unspecified atom stereocenters. The molecule has 0 spiro atoms. The molecule has 1 saturated carbocycles. The van der Waals surface area contributed by atoms with Crippen LogP contribution in [0.15, 0.2) is 6.07 Å². The fraction of sp³-hybridized carbons (Fsp3) is 0.692. The van der Waals surface area contributed by atoms with Crippen LogP contribution in [0.5, 0.6) is 0 Å². The summed E-state index contributed by atoms with van der Waals surface area (Å²) in [7, 11) is 0. The molecule has 17 heavy (non-hydrogen) atoms. The van der Waals surface area contributed by atoms with Gasteiger partial charge < -0.3 is 10.7 Å². The van der Waals surface area contributed by atoms with Crippen molar-refractivity contribution in [1.29, 1.82) is 0 Å². The van der Waals surface area contributed by atoms with E-state index >= 15 is 0 Å². The number of rotatable bonds is 2. The molecule has 0 bridgehead atoms. The van der Waals surface area contributed by atoms with Crippen LogP contribution in [-0.2, 0) is 5.41 Å². The van der Waals surface area contributed by atoms with Crippen molar-refractivity contribution in [3.63, 3.8) is 0 Å². The number of nitrogens with two attached hydrogens (primary N) is 1. The van der Waals surface area contributed by atoms with Crippen molar-refractivity contribution >= 4 is 0 Å². The van der Waals surface area contributed by atoms with Gasteiger partial charge in [-0.25, -0.2) is 8.78 Å². The van der Waals surface area contributed by atoms with Gasteiger partial charge in [0.2, 0.25) is 5.92 Å². The lowest BCUT2D eigenvalue weighted by atomic mass is 9.68. The molecule has 1 aromatic heterocycles. The highest BCUT2D eigenvalue weighted by molar-refractivity contribution is 5.34. The average Bonchev–Trinajstić information content (AvgIpc) is 2.60. The zero-order valence-electron chi connectivity index (χ0n) is 10.4. The van der Waals surface area contributed by atoms with Crippen molar-refractivity contribution in [2.24, 2.45) is 5.73 Å². The Hall–Kier alpha value is -0.900. The number of aromatic amines is 1. The summed E-state index contributed by atoms with van der Waals surface area (Å²) in [6.45, 7) is 4.42. The van der Waals surface area contributed by atoms with Crippen molar-refractivity contribution in [3.05, 3.63) is 23.0 Å². The van der Waals surface area contributed by atoms with Gasteiger partial charge in [0, 0.05) is 36.2 Å². The van der Waals surface area contributed by atoms with Crippen molar-refractivity contribution in [2.75, 3.05) is 6.54 Å². The van der Waals surface area contributed by atoms with Crippen molar-refractivity contribution < 1.29 is 8.78 Å². The van der Waals surface area contributed by atoms with Gasteiger partial charge in [-0.15, -0.1) is 0 Å². The van der Waals surface area contributed by atoms with Gasteiger partial charge in [0.05, 0.1) is 0 Å². The highest BCUT2D eigenvalue weighted by atomic mass is 19.3. The lowest BCUT2D eigenvalue weighted by Gasteiger charge is -2.39. The number of hydrogen-bond donors (Lipinski definition) is 2. The molecule has 0 atom stereocenters. The fourth-order valence-electron chi connectivity index (χ4n) is 2.95. The van der Waals surface area contributed by atoms with E-state index in [-0.39, 0.29) is 18.3 Å². The zero-order valence-corrected chi connectivity index (χ0v) is 10.4. The molecule has 1 aromatic rings. The molecule has 1 aliphatic rings. The van der Waals surface area contributed by atoms with Crippen LogP contribution in [0.25, 0.3) is 0 Å². The zero-order chi connectivity index (χ0) is 12.7. The lowest BCUT2D eigenvalue weighted by molar-refractivity contribution is -0.0509. The van der Waals surface area contributed by atoms with Gasteiger partial charge in [0.1, 0.15) is 0 Å². The SMILES string of the molecule is Cc1cc(C2(CN)CCC(F)(F)CC2)c(C)[nH]1. The quantitative estimate of drug-likeness (QED) is 0.822. The first-order chi connectivity index (χ1) is 7.88. The summed E-state index contributed by atoms with van der Waals surface area (Å²) >= 11 is 0. The van der Waals surface area contributed by atoms with Crippen LogP contribution >= 0.6 is 0 Å². The molecule has 2 rings (SSSR count). The van der Waals surface area contributed by atoms with Gasteiger partial charge in [-0.05, 0) is 38.3 Å². The molecule has 0 saturated heterocycles. The number of halogens is 2. The third kappa shape index (κ3) is 2.23. The Balaban J connectivity index is 2.30. The first-order valence-electron chi connectivity index (χ1n) is 6.13. The molecular weight excluding hydrogens is 222 g/mol. The predicted molar refractivity (Wildman–Crippen MR) is 64.4 cm³/mol. The van der Waals surface area contributed by atoms with Crippen LogP contribution in [0, 0.1) is 13.8 Å². The molecule has 0 aliphatic heterocycles. The summed E-state index contributed by atoms with van der Waals surface area (Å²) in [4.78, 5) is 3.24. The Labute approximate surface area is 101 Å². The van der Waals surface area contributed by atoms with E-state index in [0.717, 1.165) is 17.0 Å². The predicted octanol–water partition coefficient (Wildman–Crippen LogP) is 3.04. The minimum Gasteiger partial charge on any atom is -0.362 e. The van der Waals surface area contributed by atoms with Crippen molar-refractivity contribution in [3.8, 4) is 0 Å². The van der Waals surface area contributed by atoms with Crippen molar-refractivity contribution in [2.45, 2.75) is 50.9 Å². The minimum atomic E-state index is -2.50. The molecule has 1 fully saturated rings. The van der Waals surface area contributed by atoms with Crippen molar-refractivity contribution in [1.82, 2.24) is 4.98 Å². The van der Waals surface area contributed by atoms with Gasteiger partial charge in [-0.3, -0.25) is 0 Å². The van der Waals surface area contributed by atoms with E-state index in [1.807, 2.05) is 13.8 Å². The summed E-state index contributed by atoms with van der Waals surface area (Å²) in [5, 5.41) is 0. The van der Waals surface area contributed by atoms with E-state index < -0.39 is 5.92 Å². The van der Waals surface area contributed by atoms with E-state index in [9.17, 15) is 8.78 Å². The summed E-state index contributed by atoms with van der Waals surface area (Å²) in [5.74, 6) is -2.50. The second kappa shape index (κ2) is 4.09. The Kier molecular flexibility index (Phi) is 3.02. The summed E-state index contributed by atoms with van der Waals surface area (Å²) in [6.07, 6.45) is 0.866. The Morgan fingerprint density at radius 3 is 2.24 bits per heavy atom. The minimum absolute atomic E-state index is 0.0478. The van der Waals surface area contributed by atoms with Crippen LogP contribution in [0.3, 0.4) is 0 Å². The number of aromatic nitrogens is 1. The summed E-state index contributed by atoms with van der Waals surface area (Å²) in [6, 6.07) is 2.06. The normalized spacial score (nSPS) is 22.6. The smallest absolute Gasteiger partial charge is 0.248 e. The number of hydrogen-bond acceptors (Lipinski definition) is 1. The highest BCUT2D eigenvalue weighted by Crippen LogP contribution is 2.45. The van der Waals surface area contributed by atoms with Gasteiger partial charge >= 0.3 is 0 Å². The summed E-state index contributed by atoms with van der Waals surface area (Å²) in [5.41, 5.74) is 8.90. The summed E-state index contributed by atoms with van der Waals surface area (Å²) < 4.78 is 26.5. The first-order valence-corrected chi connectivity index (χ1v) is 6.13.